The molecule has 2 aliphatic rings. The number of ether oxygens (including phenoxy) is 3. The second-order valence-electron chi connectivity index (χ2n) is 7.00. The van der Waals surface area contributed by atoms with Gasteiger partial charge in [0.15, 0.2) is 11.5 Å². The van der Waals surface area contributed by atoms with Gasteiger partial charge in [-0.25, -0.2) is 0 Å². The summed E-state index contributed by atoms with van der Waals surface area (Å²) < 4.78 is 16.7. The number of carbonyl (C=O) groups excluding carboxylic acids is 1. The molecule has 132 valence electrons. The predicted octanol–water partition coefficient (Wildman–Crippen LogP) is 1.61. The molecule has 0 spiro atoms. The largest absolute Gasteiger partial charge is 0.486 e. The normalized spacial score (nSPS) is 27.2. The Hall–Kier alpha value is -1.79. The fourth-order valence-corrected chi connectivity index (χ4v) is 3.36. The van der Waals surface area contributed by atoms with Gasteiger partial charge in [0.1, 0.15) is 18.8 Å². The van der Waals surface area contributed by atoms with Crippen molar-refractivity contribution in [2.75, 3.05) is 19.8 Å². The molecular weight excluding hydrogens is 308 g/mol. The lowest BCUT2D eigenvalue weighted by Gasteiger charge is -2.57. The maximum atomic E-state index is 12.6. The molecule has 1 aromatic rings. The number of carbonyl (C=O) groups is 1. The van der Waals surface area contributed by atoms with Crippen LogP contribution in [0.5, 0.6) is 11.5 Å². The molecule has 6 heteroatoms. The molecule has 6 nitrogen and oxygen atoms in total. The van der Waals surface area contributed by atoms with Crippen molar-refractivity contribution in [1.82, 2.24) is 5.32 Å². The molecule has 1 aliphatic carbocycles. The highest BCUT2D eigenvalue weighted by molar-refractivity contribution is 5.88. The molecule has 1 amide bonds. The molecule has 0 saturated heterocycles. The Morgan fingerprint density at radius 2 is 2.04 bits per heavy atom. The summed E-state index contributed by atoms with van der Waals surface area (Å²) in [5.74, 6) is 1.32. The van der Waals surface area contributed by atoms with Crippen LogP contribution >= 0.6 is 0 Å². The number of fused-ring (bicyclic) bond motifs is 1. The molecule has 2 atom stereocenters. The summed E-state index contributed by atoms with van der Waals surface area (Å²) in [6.07, 6.45) is 0.563. The zero-order valence-electron chi connectivity index (χ0n) is 14.6. The molecule has 1 aromatic carbocycles. The van der Waals surface area contributed by atoms with Crippen LogP contribution in [0.2, 0.25) is 0 Å². The van der Waals surface area contributed by atoms with E-state index in [0.29, 0.717) is 32.8 Å². The summed E-state index contributed by atoms with van der Waals surface area (Å²) in [5.41, 5.74) is 6.05. The molecule has 0 radical (unpaired) electrons. The Morgan fingerprint density at radius 1 is 1.33 bits per heavy atom. The monoisotopic (exact) mass is 334 g/mol. The van der Waals surface area contributed by atoms with Gasteiger partial charge in [-0.1, -0.05) is 19.9 Å². The van der Waals surface area contributed by atoms with Crippen molar-refractivity contribution in [3.63, 3.8) is 0 Å². The summed E-state index contributed by atoms with van der Waals surface area (Å²) in [6, 6.07) is 5.69. The maximum absolute atomic E-state index is 12.6. The van der Waals surface area contributed by atoms with Crippen molar-refractivity contribution in [3.05, 3.63) is 23.8 Å². The van der Waals surface area contributed by atoms with Crippen LogP contribution in [0.4, 0.5) is 0 Å². The molecule has 0 bridgehead atoms. The standard InChI is InChI=1S/C18H26N2O4/c1-4-22-15-10-18(19,17(15,2)3)16(21)20-11-12-5-6-13-14(9-12)24-8-7-23-13/h5-6,9,15H,4,7-8,10-11,19H2,1-3H3,(H,20,21). The molecule has 1 fully saturated rings. The number of rotatable bonds is 5. The van der Waals surface area contributed by atoms with E-state index in [1.807, 2.05) is 39.0 Å². The first-order chi connectivity index (χ1) is 11.4. The molecule has 1 aliphatic heterocycles. The van der Waals surface area contributed by atoms with Gasteiger partial charge in [-0.2, -0.15) is 0 Å². The Morgan fingerprint density at radius 3 is 2.71 bits per heavy atom. The Kier molecular flexibility index (Phi) is 4.44. The summed E-state index contributed by atoms with van der Waals surface area (Å²) in [6.45, 7) is 8.07. The van der Waals surface area contributed by atoms with Crippen molar-refractivity contribution in [2.24, 2.45) is 11.1 Å². The van der Waals surface area contributed by atoms with E-state index in [9.17, 15) is 4.79 Å². The average molecular weight is 334 g/mol. The SMILES string of the molecule is CCOC1CC(N)(C(=O)NCc2ccc3c(c2)OCCO3)C1(C)C. The highest BCUT2D eigenvalue weighted by Crippen LogP contribution is 2.49. The lowest BCUT2D eigenvalue weighted by molar-refractivity contribution is -0.170. The van der Waals surface area contributed by atoms with E-state index in [4.69, 9.17) is 19.9 Å². The van der Waals surface area contributed by atoms with E-state index in [0.717, 1.165) is 17.1 Å². The number of amides is 1. The zero-order chi connectivity index (χ0) is 17.4. The summed E-state index contributed by atoms with van der Waals surface area (Å²) >= 11 is 0. The molecule has 3 N–H and O–H groups in total. The van der Waals surface area contributed by atoms with Crippen LogP contribution in [0.3, 0.4) is 0 Å². The maximum Gasteiger partial charge on any atom is 0.241 e. The van der Waals surface area contributed by atoms with Gasteiger partial charge in [0.2, 0.25) is 5.91 Å². The lowest BCUT2D eigenvalue weighted by atomic mass is 9.54. The highest BCUT2D eigenvalue weighted by atomic mass is 16.6. The summed E-state index contributed by atoms with van der Waals surface area (Å²) in [4.78, 5) is 12.6. The number of hydrogen-bond acceptors (Lipinski definition) is 5. The topological polar surface area (TPSA) is 82.8 Å². The lowest BCUT2D eigenvalue weighted by Crippen LogP contribution is -2.75. The fraction of sp³-hybridized carbons (Fsp3) is 0.611. The fourth-order valence-electron chi connectivity index (χ4n) is 3.36. The minimum Gasteiger partial charge on any atom is -0.486 e. The van der Waals surface area contributed by atoms with Crippen molar-refractivity contribution in [3.8, 4) is 11.5 Å². The van der Waals surface area contributed by atoms with Gasteiger partial charge in [-0.05, 0) is 24.6 Å². The summed E-state index contributed by atoms with van der Waals surface area (Å²) in [7, 11) is 0. The van der Waals surface area contributed by atoms with Gasteiger partial charge < -0.3 is 25.3 Å². The molecule has 1 heterocycles. The third-order valence-electron chi connectivity index (χ3n) is 5.29. The van der Waals surface area contributed by atoms with Crippen molar-refractivity contribution in [1.29, 1.82) is 0 Å². The van der Waals surface area contributed by atoms with Crippen molar-refractivity contribution in [2.45, 2.75) is 45.4 Å². The van der Waals surface area contributed by atoms with Crippen molar-refractivity contribution >= 4 is 5.91 Å². The zero-order valence-corrected chi connectivity index (χ0v) is 14.6. The Labute approximate surface area is 142 Å². The first kappa shape index (κ1) is 17.0. The van der Waals surface area contributed by atoms with E-state index >= 15 is 0 Å². The van der Waals surface area contributed by atoms with Gasteiger partial charge >= 0.3 is 0 Å². The van der Waals surface area contributed by atoms with Crippen LogP contribution in [0.25, 0.3) is 0 Å². The first-order valence-electron chi connectivity index (χ1n) is 8.46. The predicted molar refractivity (Wildman–Crippen MR) is 90.0 cm³/mol. The van der Waals surface area contributed by atoms with Crippen LogP contribution in [-0.2, 0) is 16.1 Å². The van der Waals surface area contributed by atoms with Crippen LogP contribution in [0.1, 0.15) is 32.8 Å². The molecule has 3 rings (SSSR count). The average Bonchev–Trinajstić information content (AvgIpc) is 2.59. The van der Waals surface area contributed by atoms with Crippen LogP contribution < -0.4 is 20.5 Å². The minimum absolute atomic E-state index is 0.0209. The first-order valence-corrected chi connectivity index (χ1v) is 8.46. The Bertz CT molecular complexity index is 631. The third-order valence-corrected chi connectivity index (χ3v) is 5.29. The van der Waals surface area contributed by atoms with Crippen LogP contribution in [-0.4, -0.2) is 37.4 Å². The van der Waals surface area contributed by atoms with Crippen LogP contribution in [0.15, 0.2) is 18.2 Å². The van der Waals surface area contributed by atoms with Crippen molar-refractivity contribution < 1.29 is 19.0 Å². The highest BCUT2D eigenvalue weighted by Gasteiger charge is 2.62. The molecular formula is C18H26N2O4. The number of hydrogen-bond donors (Lipinski definition) is 2. The molecule has 1 saturated carbocycles. The van der Waals surface area contributed by atoms with E-state index in [1.54, 1.807) is 0 Å². The number of nitrogens with one attached hydrogen (secondary N) is 1. The van der Waals surface area contributed by atoms with Gasteiger partial charge in [0.05, 0.1) is 6.10 Å². The van der Waals surface area contributed by atoms with E-state index < -0.39 is 5.54 Å². The van der Waals surface area contributed by atoms with E-state index in [-0.39, 0.29) is 17.4 Å². The number of nitrogens with two attached hydrogens (primary N) is 1. The third kappa shape index (κ3) is 2.74. The number of benzene rings is 1. The van der Waals surface area contributed by atoms with Gasteiger partial charge in [-0.15, -0.1) is 0 Å². The summed E-state index contributed by atoms with van der Waals surface area (Å²) in [5, 5.41) is 2.95. The van der Waals surface area contributed by atoms with Gasteiger partial charge in [0.25, 0.3) is 0 Å². The smallest absolute Gasteiger partial charge is 0.241 e. The van der Waals surface area contributed by atoms with E-state index in [2.05, 4.69) is 5.32 Å². The molecule has 24 heavy (non-hydrogen) atoms. The Balaban J connectivity index is 1.62. The van der Waals surface area contributed by atoms with E-state index in [1.165, 1.54) is 0 Å². The van der Waals surface area contributed by atoms with Crippen LogP contribution in [0, 0.1) is 5.41 Å². The second kappa shape index (κ2) is 6.26. The molecule has 0 aromatic heterocycles. The second-order valence-corrected chi connectivity index (χ2v) is 7.00. The quantitative estimate of drug-likeness (QED) is 0.855. The molecule has 2 unspecified atom stereocenters. The van der Waals surface area contributed by atoms with Gasteiger partial charge in [0, 0.05) is 25.0 Å². The minimum atomic E-state index is -0.902. The van der Waals surface area contributed by atoms with Gasteiger partial charge in [-0.3, -0.25) is 4.79 Å².